The van der Waals surface area contributed by atoms with E-state index in [2.05, 4.69) is 10.3 Å². The Balaban J connectivity index is 2.11. The predicted octanol–water partition coefficient (Wildman–Crippen LogP) is 1.71. The quantitative estimate of drug-likeness (QED) is 0.828. The zero-order chi connectivity index (χ0) is 14.8. The predicted molar refractivity (Wildman–Crippen MR) is 82.7 cm³/mol. The molecule has 0 radical (unpaired) electrons. The fourth-order valence-corrected chi connectivity index (χ4v) is 3.37. The topological polar surface area (TPSA) is 77.2 Å². The van der Waals surface area contributed by atoms with E-state index in [4.69, 9.17) is 22.7 Å². The number of nitrogens with two attached hydrogens (primary N) is 1. The fraction of sp³-hybridized carbons (Fsp3) is 0.615. The van der Waals surface area contributed by atoms with Crippen molar-refractivity contribution in [2.24, 2.45) is 11.1 Å². The molecule has 110 valence electrons. The monoisotopic (exact) mass is 313 g/mol. The minimum Gasteiger partial charge on any atom is -0.392 e. The summed E-state index contributed by atoms with van der Waals surface area (Å²) in [5.41, 5.74) is 6.00. The van der Waals surface area contributed by atoms with E-state index in [0.717, 1.165) is 10.7 Å². The molecule has 2 rings (SSSR count). The lowest BCUT2D eigenvalue weighted by atomic mass is 9.79. The van der Waals surface area contributed by atoms with E-state index < -0.39 is 5.41 Å². The van der Waals surface area contributed by atoms with E-state index >= 15 is 0 Å². The van der Waals surface area contributed by atoms with E-state index in [1.165, 1.54) is 11.3 Å². The van der Waals surface area contributed by atoms with E-state index in [1.807, 2.05) is 19.2 Å². The van der Waals surface area contributed by atoms with Crippen LogP contribution in [0.3, 0.4) is 0 Å². The van der Waals surface area contributed by atoms with Gasteiger partial charge < -0.3 is 15.8 Å². The van der Waals surface area contributed by atoms with Crippen molar-refractivity contribution in [1.29, 1.82) is 0 Å². The van der Waals surface area contributed by atoms with E-state index in [1.54, 1.807) is 0 Å². The number of amides is 1. The van der Waals surface area contributed by atoms with Gasteiger partial charge in [-0.05, 0) is 26.7 Å². The van der Waals surface area contributed by atoms with Crippen LogP contribution in [-0.2, 0) is 9.53 Å². The number of nitrogens with one attached hydrogen (secondary N) is 1. The molecule has 0 aliphatic carbocycles. The van der Waals surface area contributed by atoms with Crippen LogP contribution in [0.4, 0.5) is 0 Å². The number of carbonyl (C=O) groups excluding carboxylic acids is 1. The van der Waals surface area contributed by atoms with Gasteiger partial charge in [-0.3, -0.25) is 4.79 Å². The molecule has 1 aromatic heterocycles. The lowest BCUT2D eigenvalue weighted by Gasteiger charge is -2.35. The molecule has 1 unspecified atom stereocenters. The first kappa shape index (κ1) is 15.3. The number of aromatic nitrogens is 1. The summed E-state index contributed by atoms with van der Waals surface area (Å²) in [6.45, 7) is 4.87. The number of aryl methyl sites for hydroxylation is 1. The van der Waals surface area contributed by atoms with Crippen LogP contribution in [0.1, 0.15) is 36.5 Å². The Morgan fingerprint density at radius 2 is 2.25 bits per heavy atom. The Hall–Kier alpha value is -1.05. The number of rotatable bonds is 4. The van der Waals surface area contributed by atoms with Gasteiger partial charge in [0.25, 0.3) is 0 Å². The maximum Gasteiger partial charge on any atom is 0.233 e. The third-order valence-electron chi connectivity index (χ3n) is 3.61. The van der Waals surface area contributed by atoms with Gasteiger partial charge in [-0.2, -0.15) is 0 Å². The molecule has 1 aromatic rings. The molecule has 3 N–H and O–H groups in total. The highest BCUT2D eigenvalue weighted by Gasteiger charge is 2.43. The van der Waals surface area contributed by atoms with Crippen LogP contribution >= 0.6 is 23.6 Å². The second kappa shape index (κ2) is 6.15. The van der Waals surface area contributed by atoms with E-state index in [9.17, 15) is 4.79 Å². The Morgan fingerprint density at radius 3 is 2.75 bits per heavy atom. The first-order valence-corrected chi connectivity index (χ1v) is 7.85. The molecule has 2 heterocycles. The fourth-order valence-electron chi connectivity index (χ4n) is 2.27. The lowest BCUT2D eigenvalue weighted by Crippen LogP contribution is -2.52. The highest BCUT2D eigenvalue weighted by atomic mass is 32.1. The summed E-state index contributed by atoms with van der Waals surface area (Å²) >= 11 is 6.66. The van der Waals surface area contributed by atoms with Crippen LogP contribution in [0.2, 0.25) is 0 Å². The van der Waals surface area contributed by atoms with Crippen LogP contribution in [-0.4, -0.2) is 29.1 Å². The van der Waals surface area contributed by atoms with Crippen molar-refractivity contribution in [3.63, 3.8) is 0 Å². The van der Waals surface area contributed by atoms with Gasteiger partial charge in [0.15, 0.2) is 0 Å². The van der Waals surface area contributed by atoms with Crippen LogP contribution in [0.15, 0.2) is 5.38 Å². The third kappa shape index (κ3) is 2.99. The van der Waals surface area contributed by atoms with Crippen LogP contribution in [0.25, 0.3) is 0 Å². The molecule has 0 bridgehead atoms. The summed E-state index contributed by atoms with van der Waals surface area (Å²) in [6, 6.07) is -0.143. The molecule has 0 saturated carbocycles. The van der Waals surface area contributed by atoms with Gasteiger partial charge in [-0.25, -0.2) is 4.98 Å². The average Bonchev–Trinajstić information content (AvgIpc) is 2.86. The van der Waals surface area contributed by atoms with Gasteiger partial charge in [0, 0.05) is 24.3 Å². The number of hydrogen-bond donors (Lipinski definition) is 2. The zero-order valence-electron chi connectivity index (χ0n) is 11.6. The lowest BCUT2D eigenvalue weighted by molar-refractivity contribution is -0.132. The second-order valence-electron chi connectivity index (χ2n) is 5.08. The largest absolute Gasteiger partial charge is 0.392 e. The van der Waals surface area contributed by atoms with Crippen LogP contribution in [0, 0.1) is 12.3 Å². The summed E-state index contributed by atoms with van der Waals surface area (Å²) in [4.78, 5) is 17.2. The summed E-state index contributed by atoms with van der Waals surface area (Å²) in [7, 11) is 0. The maximum absolute atomic E-state index is 12.6. The molecule has 20 heavy (non-hydrogen) atoms. The minimum atomic E-state index is -0.784. The highest BCUT2D eigenvalue weighted by molar-refractivity contribution is 7.80. The number of nitrogens with zero attached hydrogens (tertiary/aromatic N) is 1. The number of thiazole rings is 1. The van der Waals surface area contributed by atoms with Gasteiger partial charge in [0.05, 0.1) is 11.0 Å². The summed E-state index contributed by atoms with van der Waals surface area (Å²) < 4.78 is 5.31. The number of thiocarbonyl (C=S) groups is 1. The van der Waals surface area contributed by atoms with E-state index in [-0.39, 0.29) is 16.9 Å². The van der Waals surface area contributed by atoms with Crippen molar-refractivity contribution in [2.75, 3.05) is 13.2 Å². The third-order valence-corrected chi connectivity index (χ3v) is 5.14. The Kier molecular flexibility index (Phi) is 4.72. The minimum absolute atomic E-state index is 0.117. The average molecular weight is 313 g/mol. The molecule has 7 heteroatoms. The van der Waals surface area contributed by atoms with Crippen LogP contribution < -0.4 is 11.1 Å². The summed E-state index contributed by atoms with van der Waals surface area (Å²) in [6.07, 6.45) is 1.08. The molecule has 5 nitrogen and oxygen atoms in total. The maximum atomic E-state index is 12.6. The van der Waals surface area contributed by atoms with Gasteiger partial charge in [-0.1, -0.05) is 12.2 Å². The van der Waals surface area contributed by atoms with Gasteiger partial charge in [0.1, 0.15) is 10.4 Å². The molecule has 1 aliphatic heterocycles. The first-order chi connectivity index (χ1) is 9.45. The second-order valence-corrected chi connectivity index (χ2v) is 6.41. The normalized spacial score (nSPS) is 19.3. The standard InChI is InChI=1S/C13H19N3O2S2/c1-8-7-20-10(15-8)9(2)16-12(17)13(11(14)19)3-5-18-6-4-13/h7,9H,3-6H2,1-2H3,(H2,14,19)(H,16,17). The van der Waals surface area contributed by atoms with Gasteiger partial charge in [0.2, 0.25) is 5.91 Å². The molecule has 0 spiro atoms. The first-order valence-electron chi connectivity index (χ1n) is 6.56. The summed E-state index contributed by atoms with van der Waals surface area (Å²) in [5.74, 6) is -0.117. The number of ether oxygens (including phenoxy) is 1. The molecular formula is C13H19N3O2S2. The van der Waals surface area contributed by atoms with Gasteiger partial charge >= 0.3 is 0 Å². The van der Waals surface area contributed by atoms with Crippen molar-refractivity contribution in [3.05, 3.63) is 16.1 Å². The Morgan fingerprint density at radius 1 is 1.60 bits per heavy atom. The molecule has 1 amide bonds. The molecule has 1 aliphatic rings. The summed E-state index contributed by atoms with van der Waals surface area (Å²) in [5, 5.41) is 5.85. The van der Waals surface area contributed by atoms with Gasteiger partial charge in [-0.15, -0.1) is 11.3 Å². The smallest absolute Gasteiger partial charge is 0.233 e. The highest BCUT2D eigenvalue weighted by Crippen LogP contribution is 2.32. The van der Waals surface area contributed by atoms with Crippen molar-refractivity contribution in [2.45, 2.75) is 32.7 Å². The molecular weight excluding hydrogens is 294 g/mol. The SMILES string of the molecule is Cc1csc(C(C)NC(=O)C2(C(N)=S)CCOCC2)n1. The Bertz CT molecular complexity index is 509. The number of carbonyl (C=O) groups is 1. The van der Waals surface area contributed by atoms with Crippen molar-refractivity contribution < 1.29 is 9.53 Å². The molecule has 1 fully saturated rings. The zero-order valence-corrected chi connectivity index (χ0v) is 13.3. The molecule has 1 atom stereocenters. The van der Waals surface area contributed by atoms with Crippen molar-refractivity contribution in [3.8, 4) is 0 Å². The Labute approximate surface area is 127 Å². The molecule has 1 saturated heterocycles. The number of hydrogen-bond acceptors (Lipinski definition) is 5. The van der Waals surface area contributed by atoms with Crippen LogP contribution in [0.5, 0.6) is 0 Å². The van der Waals surface area contributed by atoms with Crippen molar-refractivity contribution in [1.82, 2.24) is 10.3 Å². The van der Waals surface area contributed by atoms with Crippen molar-refractivity contribution >= 4 is 34.5 Å². The molecule has 0 aromatic carbocycles. The van der Waals surface area contributed by atoms with E-state index in [0.29, 0.717) is 26.1 Å².